The first-order valence-electron chi connectivity index (χ1n) is 12.0. The third kappa shape index (κ3) is 10.5. The van der Waals surface area contributed by atoms with Crippen LogP contribution in [-0.2, 0) is 35.3 Å². The molecule has 1 rings (SSSR count). The van der Waals surface area contributed by atoms with Crippen LogP contribution in [0.15, 0.2) is 30.3 Å². The van der Waals surface area contributed by atoms with Crippen LogP contribution in [-0.4, -0.2) is 53.2 Å². The molecule has 1 aromatic carbocycles. The van der Waals surface area contributed by atoms with Crippen molar-refractivity contribution in [3.63, 3.8) is 0 Å². The Morgan fingerprint density at radius 1 is 0.829 bits per heavy atom. The van der Waals surface area contributed by atoms with Crippen molar-refractivity contribution in [2.45, 2.75) is 85.8 Å². The van der Waals surface area contributed by atoms with E-state index < -0.39 is 48.0 Å². The van der Waals surface area contributed by atoms with Crippen LogP contribution in [0.4, 0.5) is 0 Å². The average molecular weight is 493 g/mol. The lowest BCUT2D eigenvalue weighted by Crippen LogP contribution is -2.52. The number of rotatable bonds is 14. The van der Waals surface area contributed by atoms with Crippen molar-refractivity contribution < 1.29 is 33.8 Å². The number of carboxylic acids is 1. The SMILES string of the molecule is CC(C)C[C@@H](OC(=O)[C@@H](NC(=O)[C@H](C)OCc1ccccc1)C(C)C)C(=O)N[C@@H](C(=O)O)C(C)C. The molecule has 0 saturated carbocycles. The molecule has 1 aromatic rings. The van der Waals surface area contributed by atoms with Crippen LogP contribution < -0.4 is 10.6 Å². The maximum absolute atomic E-state index is 13.0. The Morgan fingerprint density at radius 3 is 1.86 bits per heavy atom. The number of esters is 1. The summed E-state index contributed by atoms with van der Waals surface area (Å²) in [6, 6.07) is 7.28. The second-order valence-electron chi connectivity index (χ2n) is 9.79. The van der Waals surface area contributed by atoms with Crippen molar-refractivity contribution in [1.29, 1.82) is 0 Å². The van der Waals surface area contributed by atoms with Crippen molar-refractivity contribution in [2.75, 3.05) is 0 Å². The van der Waals surface area contributed by atoms with Crippen molar-refractivity contribution in [1.82, 2.24) is 10.6 Å². The molecule has 9 heteroatoms. The Labute approximate surface area is 207 Å². The first-order chi connectivity index (χ1) is 16.3. The van der Waals surface area contributed by atoms with Gasteiger partial charge in [0.25, 0.3) is 5.91 Å². The molecule has 35 heavy (non-hydrogen) atoms. The average Bonchev–Trinajstić information content (AvgIpc) is 2.78. The number of carboxylic acid groups (broad SMARTS) is 1. The molecule has 9 nitrogen and oxygen atoms in total. The molecule has 196 valence electrons. The topological polar surface area (TPSA) is 131 Å². The van der Waals surface area contributed by atoms with Gasteiger partial charge in [-0.3, -0.25) is 9.59 Å². The number of carbonyl (C=O) groups is 4. The first kappa shape index (κ1) is 30.1. The van der Waals surface area contributed by atoms with Crippen molar-refractivity contribution in [3.8, 4) is 0 Å². The van der Waals surface area contributed by atoms with E-state index in [0.29, 0.717) is 0 Å². The number of ether oxygens (including phenoxy) is 2. The van der Waals surface area contributed by atoms with Gasteiger partial charge in [0.1, 0.15) is 18.2 Å². The van der Waals surface area contributed by atoms with E-state index in [0.717, 1.165) is 5.56 Å². The zero-order valence-corrected chi connectivity index (χ0v) is 21.7. The van der Waals surface area contributed by atoms with Crippen LogP contribution in [0.2, 0.25) is 0 Å². The lowest BCUT2D eigenvalue weighted by atomic mass is 10.0. The molecule has 0 aliphatic rings. The highest BCUT2D eigenvalue weighted by atomic mass is 16.6. The van der Waals surface area contributed by atoms with Crippen LogP contribution in [0, 0.1) is 17.8 Å². The fourth-order valence-corrected chi connectivity index (χ4v) is 3.25. The van der Waals surface area contributed by atoms with E-state index in [1.54, 1.807) is 34.6 Å². The van der Waals surface area contributed by atoms with Crippen molar-refractivity contribution in [3.05, 3.63) is 35.9 Å². The van der Waals surface area contributed by atoms with Gasteiger partial charge in [-0.1, -0.05) is 71.9 Å². The Hall–Kier alpha value is -2.94. The maximum Gasteiger partial charge on any atom is 0.329 e. The molecule has 0 fully saturated rings. The minimum absolute atomic E-state index is 0.000576. The molecular weight excluding hydrogens is 452 g/mol. The zero-order chi connectivity index (χ0) is 26.7. The van der Waals surface area contributed by atoms with Crippen LogP contribution in [0.3, 0.4) is 0 Å². The summed E-state index contributed by atoms with van der Waals surface area (Å²) in [5.41, 5.74) is 0.913. The van der Waals surface area contributed by atoms with Gasteiger partial charge in [0, 0.05) is 0 Å². The van der Waals surface area contributed by atoms with Gasteiger partial charge in [0.05, 0.1) is 6.61 Å². The normalized spacial score (nSPS) is 14.8. The summed E-state index contributed by atoms with van der Waals surface area (Å²) in [4.78, 5) is 50.0. The van der Waals surface area contributed by atoms with Gasteiger partial charge in [-0.25, -0.2) is 9.59 Å². The fourth-order valence-electron chi connectivity index (χ4n) is 3.25. The minimum atomic E-state index is -1.19. The number of hydrogen-bond acceptors (Lipinski definition) is 6. The number of benzene rings is 1. The monoisotopic (exact) mass is 492 g/mol. The highest BCUT2D eigenvalue weighted by Gasteiger charge is 2.34. The lowest BCUT2D eigenvalue weighted by molar-refractivity contribution is -0.162. The van der Waals surface area contributed by atoms with E-state index in [1.165, 1.54) is 0 Å². The largest absolute Gasteiger partial charge is 0.480 e. The van der Waals surface area contributed by atoms with E-state index in [2.05, 4.69) is 10.6 Å². The van der Waals surface area contributed by atoms with Gasteiger partial charge in [0.2, 0.25) is 5.91 Å². The van der Waals surface area contributed by atoms with E-state index in [4.69, 9.17) is 9.47 Å². The van der Waals surface area contributed by atoms with E-state index in [-0.39, 0.29) is 30.8 Å². The smallest absolute Gasteiger partial charge is 0.329 e. The highest BCUT2D eigenvalue weighted by molar-refractivity contribution is 5.90. The van der Waals surface area contributed by atoms with E-state index >= 15 is 0 Å². The molecule has 3 N–H and O–H groups in total. The van der Waals surface area contributed by atoms with Gasteiger partial charge < -0.3 is 25.2 Å². The van der Waals surface area contributed by atoms with Crippen LogP contribution in [0.5, 0.6) is 0 Å². The van der Waals surface area contributed by atoms with Gasteiger partial charge in [-0.05, 0) is 36.7 Å². The van der Waals surface area contributed by atoms with Crippen LogP contribution >= 0.6 is 0 Å². The quantitative estimate of drug-likeness (QED) is 0.340. The van der Waals surface area contributed by atoms with Gasteiger partial charge in [-0.2, -0.15) is 0 Å². The van der Waals surface area contributed by atoms with Crippen LogP contribution in [0.1, 0.15) is 60.5 Å². The molecule has 0 aliphatic carbocycles. The number of carbonyl (C=O) groups excluding carboxylic acids is 3. The molecule has 0 spiro atoms. The molecule has 0 unspecified atom stereocenters. The second kappa shape index (κ2) is 14.5. The Morgan fingerprint density at radius 2 is 1.37 bits per heavy atom. The third-order valence-electron chi connectivity index (χ3n) is 5.40. The molecule has 0 heterocycles. The molecular formula is C26H40N2O7. The standard InChI is InChI=1S/C26H40N2O7/c1-15(2)13-20(24(30)27-21(16(3)4)25(31)32)35-26(33)22(17(5)6)28-23(29)18(7)34-14-19-11-9-8-10-12-19/h8-12,15-18,20-22H,13-14H2,1-7H3,(H,27,30)(H,28,29)(H,31,32)/t18-,20+,21+,22-/m0/s1. The summed E-state index contributed by atoms with van der Waals surface area (Å²) < 4.78 is 11.1. The van der Waals surface area contributed by atoms with Crippen molar-refractivity contribution in [2.24, 2.45) is 17.8 Å². The minimum Gasteiger partial charge on any atom is -0.480 e. The number of nitrogens with one attached hydrogen (secondary N) is 2. The molecule has 0 radical (unpaired) electrons. The second-order valence-corrected chi connectivity index (χ2v) is 9.79. The predicted molar refractivity (Wildman–Crippen MR) is 131 cm³/mol. The lowest BCUT2D eigenvalue weighted by Gasteiger charge is -2.27. The maximum atomic E-state index is 13.0. The van der Waals surface area contributed by atoms with E-state index in [9.17, 15) is 24.3 Å². The van der Waals surface area contributed by atoms with Crippen molar-refractivity contribution >= 4 is 23.8 Å². The predicted octanol–water partition coefficient (Wildman–Crippen LogP) is 2.92. The zero-order valence-electron chi connectivity index (χ0n) is 21.7. The molecule has 0 bridgehead atoms. The molecule has 4 atom stereocenters. The molecule has 0 aliphatic heterocycles. The summed E-state index contributed by atoms with van der Waals surface area (Å²) in [5, 5.41) is 14.5. The fraction of sp³-hybridized carbons (Fsp3) is 0.615. The summed E-state index contributed by atoms with van der Waals surface area (Å²) in [5.74, 6) is -3.77. The Bertz CT molecular complexity index is 839. The number of amides is 2. The number of aliphatic carboxylic acids is 1. The summed E-state index contributed by atoms with van der Waals surface area (Å²) in [7, 11) is 0. The summed E-state index contributed by atoms with van der Waals surface area (Å²) >= 11 is 0. The van der Waals surface area contributed by atoms with E-state index in [1.807, 2.05) is 44.2 Å². The number of hydrogen-bond donors (Lipinski definition) is 3. The summed E-state index contributed by atoms with van der Waals surface area (Å²) in [6.07, 6.45) is -1.80. The van der Waals surface area contributed by atoms with Gasteiger partial charge in [-0.15, -0.1) is 0 Å². The van der Waals surface area contributed by atoms with Gasteiger partial charge in [0.15, 0.2) is 6.10 Å². The highest BCUT2D eigenvalue weighted by Crippen LogP contribution is 2.14. The molecule has 0 aromatic heterocycles. The third-order valence-corrected chi connectivity index (χ3v) is 5.40. The molecule has 0 saturated heterocycles. The Kier molecular flexibility index (Phi) is 12.4. The summed E-state index contributed by atoms with van der Waals surface area (Å²) in [6.45, 7) is 12.4. The van der Waals surface area contributed by atoms with Gasteiger partial charge >= 0.3 is 11.9 Å². The molecule has 2 amide bonds. The van der Waals surface area contributed by atoms with Crippen LogP contribution in [0.25, 0.3) is 0 Å². The Balaban J connectivity index is 2.86. The first-order valence-corrected chi connectivity index (χ1v) is 12.0.